The molecule has 4 rings (SSSR count). The van der Waals surface area contributed by atoms with Crippen molar-refractivity contribution >= 4 is 11.7 Å². The van der Waals surface area contributed by atoms with Crippen molar-refractivity contribution in [2.45, 2.75) is 6.04 Å². The van der Waals surface area contributed by atoms with Gasteiger partial charge in [0.05, 0.1) is 24.5 Å². The second-order valence-corrected chi connectivity index (χ2v) is 6.95. The van der Waals surface area contributed by atoms with E-state index in [9.17, 15) is 14.7 Å². The number of ether oxygens (including phenoxy) is 2. The lowest BCUT2D eigenvalue weighted by Gasteiger charge is -2.26. The summed E-state index contributed by atoms with van der Waals surface area (Å²) in [5.74, 6) is -0.523. The SMILES string of the molecule is COCCN1C(=O)C(O)=C(C(=O)c2ccco2)[C@H]1c1cccc(Oc2ccccc2)c1. The van der Waals surface area contributed by atoms with Crippen LogP contribution in [0, 0.1) is 0 Å². The van der Waals surface area contributed by atoms with E-state index in [4.69, 9.17) is 13.9 Å². The zero-order valence-electron chi connectivity index (χ0n) is 16.9. The maximum absolute atomic E-state index is 13.1. The van der Waals surface area contributed by atoms with Gasteiger partial charge < -0.3 is 23.9 Å². The maximum Gasteiger partial charge on any atom is 0.290 e. The number of aliphatic hydroxyl groups is 1. The fourth-order valence-corrected chi connectivity index (χ4v) is 3.57. The van der Waals surface area contributed by atoms with Crippen LogP contribution in [0.15, 0.2) is 88.7 Å². The topological polar surface area (TPSA) is 89.2 Å². The highest BCUT2D eigenvalue weighted by atomic mass is 16.5. The molecule has 0 unspecified atom stereocenters. The average molecular weight is 419 g/mol. The molecule has 1 amide bonds. The zero-order valence-corrected chi connectivity index (χ0v) is 16.9. The van der Waals surface area contributed by atoms with Gasteiger partial charge in [-0.2, -0.15) is 0 Å². The van der Waals surface area contributed by atoms with Gasteiger partial charge in [0.1, 0.15) is 11.5 Å². The van der Waals surface area contributed by atoms with E-state index in [1.165, 1.54) is 24.3 Å². The monoisotopic (exact) mass is 419 g/mol. The molecule has 0 radical (unpaired) electrons. The summed E-state index contributed by atoms with van der Waals surface area (Å²) in [6.45, 7) is 0.445. The fraction of sp³-hybridized carbons (Fsp3) is 0.167. The second-order valence-electron chi connectivity index (χ2n) is 6.95. The molecule has 1 aliphatic rings. The number of rotatable bonds is 8. The van der Waals surface area contributed by atoms with E-state index >= 15 is 0 Å². The molecule has 1 atom stereocenters. The molecule has 7 nitrogen and oxygen atoms in total. The molecule has 0 spiro atoms. The van der Waals surface area contributed by atoms with Crippen molar-refractivity contribution in [1.29, 1.82) is 0 Å². The largest absolute Gasteiger partial charge is 0.503 e. The van der Waals surface area contributed by atoms with Crippen LogP contribution in [0.2, 0.25) is 0 Å². The van der Waals surface area contributed by atoms with E-state index in [1.54, 1.807) is 30.3 Å². The molecular weight excluding hydrogens is 398 g/mol. The second kappa shape index (κ2) is 8.89. The van der Waals surface area contributed by atoms with Crippen molar-refractivity contribution in [1.82, 2.24) is 4.90 Å². The standard InChI is InChI=1S/C24H21NO6/c1-29-14-12-25-21(20(23(27)24(25)28)22(26)19-11-6-13-30-19)16-7-5-10-18(15-16)31-17-8-3-2-4-9-17/h2-11,13,15,21,27H,12,14H2,1H3/t21-/m1/s1. The Hall–Kier alpha value is -3.84. The molecule has 7 heteroatoms. The van der Waals surface area contributed by atoms with Gasteiger partial charge in [-0.25, -0.2) is 0 Å². The number of carbonyl (C=O) groups is 2. The first kappa shape index (κ1) is 20.4. The molecule has 31 heavy (non-hydrogen) atoms. The number of para-hydroxylation sites is 1. The van der Waals surface area contributed by atoms with Crippen molar-refractivity contribution in [3.63, 3.8) is 0 Å². The third-order valence-corrected chi connectivity index (χ3v) is 4.98. The summed E-state index contributed by atoms with van der Waals surface area (Å²) in [5, 5.41) is 10.6. The Balaban J connectivity index is 1.73. The predicted octanol–water partition coefficient (Wildman–Crippen LogP) is 4.30. The number of hydrogen-bond donors (Lipinski definition) is 1. The number of Topliss-reactive ketones (excluding diaryl/α,β-unsaturated/α-hetero) is 1. The Labute approximate surface area is 179 Å². The van der Waals surface area contributed by atoms with E-state index in [0.717, 1.165) is 0 Å². The summed E-state index contributed by atoms with van der Waals surface area (Å²) in [5.41, 5.74) is 0.588. The smallest absolute Gasteiger partial charge is 0.290 e. The molecule has 1 aromatic heterocycles. The van der Waals surface area contributed by atoms with E-state index in [0.29, 0.717) is 17.1 Å². The number of ketones is 1. The van der Waals surface area contributed by atoms with Gasteiger partial charge >= 0.3 is 0 Å². The van der Waals surface area contributed by atoms with Gasteiger partial charge in [0.2, 0.25) is 5.78 Å². The molecule has 1 aliphatic heterocycles. The molecule has 2 heterocycles. The first-order valence-corrected chi connectivity index (χ1v) is 9.74. The van der Waals surface area contributed by atoms with Crippen molar-refractivity contribution in [2.24, 2.45) is 0 Å². The predicted molar refractivity (Wildman–Crippen MR) is 112 cm³/mol. The summed E-state index contributed by atoms with van der Waals surface area (Å²) in [4.78, 5) is 27.3. The van der Waals surface area contributed by atoms with Crippen molar-refractivity contribution in [3.8, 4) is 11.5 Å². The number of nitrogens with zero attached hydrogens (tertiary/aromatic N) is 1. The Morgan fingerprint density at radius 1 is 1.06 bits per heavy atom. The van der Waals surface area contributed by atoms with Gasteiger partial charge in [0.25, 0.3) is 5.91 Å². The van der Waals surface area contributed by atoms with Crippen LogP contribution in [0.4, 0.5) is 0 Å². The van der Waals surface area contributed by atoms with Crippen LogP contribution in [0.1, 0.15) is 22.2 Å². The van der Waals surface area contributed by atoms with Gasteiger partial charge in [-0.05, 0) is 42.0 Å². The fourth-order valence-electron chi connectivity index (χ4n) is 3.57. The number of amides is 1. The summed E-state index contributed by atoms with van der Waals surface area (Å²) < 4.78 is 16.2. The van der Waals surface area contributed by atoms with Crippen LogP contribution in [0.25, 0.3) is 0 Å². The van der Waals surface area contributed by atoms with Gasteiger partial charge in [-0.15, -0.1) is 0 Å². The summed E-state index contributed by atoms with van der Waals surface area (Å²) in [6, 6.07) is 18.6. The van der Waals surface area contributed by atoms with E-state index in [2.05, 4.69) is 0 Å². The molecule has 1 N–H and O–H groups in total. The van der Waals surface area contributed by atoms with Crippen LogP contribution in [0.5, 0.6) is 11.5 Å². The van der Waals surface area contributed by atoms with Crippen molar-refractivity contribution < 1.29 is 28.6 Å². The first-order chi connectivity index (χ1) is 15.1. The molecule has 0 aliphatic carbocycles. The van der Waals surface area contributed by atoms with Gasteiger partial charge in [0.15, 0.2) is 11.5 Å². The Kier molecular flexibility index (Phi) is 5.86. The number of methoxy groups -OCH3 is 1. The van der Waals surface area contributed by atoms with Crippen LogP contribution in [-0.2, 0) is 9.53 Å². The molecule has 3 aromatic rings. The van der Waals surface area contributed by atoms with E-state index in [1.807, 2.05) is 30.3 Å². The van der Waals surface area contributed by atoms with Crippen LogP contribution in [-0.4, -0.2) is 42.0 Å². The van der Waals surface area contributed by atoms with Gasteiger partial charge in [-0.1, -0.05) is 30.3 Å². The molecule has 0 saturated heterocycles. The van der Waals surface area contributed by atoms with Crippen LogP contribution in [0.3, 0.4) is 0 Å². The zero-order chi connectivity index (χ0) is 21.8. The molecule has 2 aromatic carbocycles. The van der Waals surface area contributed by atoms with Gasteiger partial charge in [0, 0.05) is 13.7 Å². The molecule has 0 saturated carbocycles. The quantitative estimate of drug-likeness (QED) is 0.548. The van der Waals surface area contributed by atoms with Crippen LogP contribution < -0.4 is 4.74 Å². The first-order valence-electron chi connectivity index (χ1n) is 9.74. The minimum atomic E-state index is -0.806. The number of furan rings is 1. The van der Waals surface area contributed by atoms with Crippen molar-refractivity contribution in [2.75, 3.05) is 20.3 Å². The average Bonchev–Trinajstić information content (AvgIpc) is 3.41. The Morgan fingerprint density at radius 3 is 2.55 bits per heavy atom. The van der Waals surface area contributed by atoms with Crippen LogP contribution >= 0.6 is 0 Å². The number of aliphatic hydroxyl groups excluding tert-OH is 1. The highest BCUT2D eigenvalue weighted by molar-refractivity contribution is 6.15. The molecular formula is C24H21NO6. The molecule has 158 valence electrons. The number of carbonyl (C=O) groups excluding carboxylic acids is 2. The lowest BCUT2D eigenvalue weighted by atomic mass is 9.95. The lowest BCUT2D eigenvalue weighted by Crippen LogP contribution is -2.34. The number of benzene rings is 2. The molecule has 0 bridgehead atoms. The third kappa shape index (κ3) is 4.08. The van der Waals surface area contributed by atoms with E-state index < -0.39 is 23.5 Å². The third-order valence-electron chi connectivity index (χ3n) is 4.98. The van der Waals surface area contributed by atoms with Crippen molar-refractivity contribution in [3.05, 3.63) is 95.6 Å². The number of hydrogen-bond acceptors (Lipinski definition) is 6. The Morgan fingerprint density at radius 2 is 1.84 bits per heavy atom. The summed E-state index contributed by atoms with van der Waals surface area (Å²) >= 11 is 0. The summed E-state index contributed by atoms with van der Waals surface area (Å²) in [7, 11) is 1.52. The summed E-state index contributed by atoms with van der Waals surface area (Å²) in [6.07, 6.45) is 1.37. The minimum Gasteiger partial charge on any atom is -0.503 e. The normalized spacial score (nSPS) is 16.1. The highest BCUT2D eigenvalue weighted by Crippen LogP contribution is 2.40. The maximum atomic E-state index is 13.1. The van der Waals surface area contributed by atoms with E-state index in [-0.39, 0.29) is 24.5 Å². The minimum absolute atomic E-state index is 0.0343. The molecule has 0 fully saturated rings. The lowest BCUT2D eigenvalue weighted by molar-refractivity contribution is -0.130. The highest BCUT2D eigenvalue weighted by Gasteiger charge is 2.44. The Bertz CT molecular complexity index is 1100. The van der Waals surface area contributed by atoms with Gasteiger partial charge in [-0.3, -0.25) is 9.59 Å².